The van der Waals surface area contributed by atoms with Crippen LogP contribution < -0.4 is 16.0 Å². The zero-order valence-corrected chi connectivity index (χ0v) is 18.1. The monoisotopic (exact) mass is 439 g/mol. The number of hydrogen-bond acceptors (Lipinski definition) is 3. The van der Waals surface area contributed by atoms with Crippen LogP contribution in [0.25, 0.3) is 0 Å². The van der Waals surface area contributed by atoms with Crippen LogP contribution in [0.15, 0.2) is 4.99 Å². The Kier molecular flexibility index (Phi) is 12.3. The number of aliphatic imine (C=N–C) groups is 1. The van der Waals surface area contributed by atoms with Gasteiger partial charge in [-0.15, -0.1) is 24.0 Å². The van der Waals surface area contributed by atoms with E-state index < -0.39 is 0 Å². The maximum absolute atomic E-state index is 4.29. The SMILES string of the molecule is CCC1CCCCN1CCNC(=NC)NCCNC(C)(C)C.I. The van der Waals surface area contributed by atoms with Gasteiger partial charge in [-0.2, -0.15) is 0 Å². The van der Waals surface area contributed by atoms with Crippen LogP contribution in [0.1, 0.15) is 53.4 Å². The molecule has 1 rings (SSSR count). The fourth-order valence-corrected chi connectivity index (χ4v) is 2.97. The third kappa shape index (κ3) is 10.4. The van der Waals surface area contributed by atoms with Crippen LogP contribution in [0.5, 0.6) is 0 Å². The van der Waals surface area contributed by atoms with E-state index in [1.807, 2.05) is 7.05 Å². The average molecular weight is 439 g/mol. The van der Waals surface area contributed by atoms with E-state index in [1.54, 1.807) is 0 Å². The predicted molar refractivity (Wildman–Crippen MR) is 112 cm³/mol. The van der Waals surface area contributed by atoms with Gasteiger partial charge in [0.15, 0.2) is 5.96 Å². The third-order valence-electron chi connectivity index (χ3n) is 4.21. The maximum Gasteiger partial charge on any atom is 0.191 e. The highest BCUT2D eigenvalue weighted by molar-refractivity contribution is 14.0. The number of guanidine groups is 1. The predicted octanol–water partition coefficient (Wildman–Crippen LogP) is 2.42. The Bertz CT molecular complexity index is 327. The first kappa shape index (κ1) is 22.9. The van der Waals surface area contributed by atoms with Crippen LogP contribution in [0.4, 0.5) is 0 Å². The summed E-state index contributed by atoms with van der Waals surface area (Å²) in [6, 6.07) is 0.779. The van der Waals surface area contributed by atoms with Crippen molar-refractivity contribution in [3.05, 3.63) is 0 Å². The molecule has 1 fully saturated rings. The van der Waals surface area contributed by atoms with Gasteiger partial charge >= 0.3 is 0 Å². The van der Waals surface area contributed by atoms with Crippen molar-refractivity contribution in [1.29, 1.82) is 0 Å². The van der Waals surface area contributed by atoms with Gasteiger partial charge in [0.25, 0.3) is 0 Å². The van der Waals surface area contributed by atoms with E-state index in [1.165, 1.54) is 32.2 Å². The molecule has 0 saturated carbocycles. The smallest absolute Gasteiger partial charge is 0.191 e. The molecule has 1 unspecified atom stereocenters. The molecule has 5 nitrogen and oxygen atoms in total. The molecule has 1 aliphatic heterocycles. The molecule has 1 atom stereocenters. The van der Waals surface area contributed by atoms with Crippen molar-refractivity contribution in [1.82, 2.24) is 20.9 Å². The number of rotatable bonds is 7. The first-order valence-corrected chi connectivity index (χ1v) is 8.90. The molecule has 0 amide bonds. The standard InChI is InChI=1S/C17H37N5.HI/c1-6-15-9-7-8-13-22(15)14-12-20-16(18-5)19-10-11-21-17(2,3)4;/h15,21H,6-14H2,1-5H3,(H2,18,19,20);1H. The molecule has 0 radical (unpaired) electrons. The van der Waals surface area contributed by atoms with E-state index in [4.69, 9.17) is 0 Å². The molecular formula is C17H38IN5. The van der Waals surface area contributed by atoms with Crippen molar-refractivity contribution < 1.29 is 0 Å². The van der Waals surface area contributed by atoms with Crippen LogP contribution in [-0.4, -0.2) is 62.2 Å². The second-order valence-electron chi connectivity index (χ2n) is 7.20. The van der Waals surface area contributed by atoms with Crippen molar-refractivity contribution >= 4 is 29.9 Å². The Labute approximate surface area is 160 Å². The molecule has 0 aromatic rings. The van der Waals surface area contributed by atoms with E-state index in [0.29, 0.717) is 0 Å². The van der Waals surface area contributed by atoms with Gasteiger partial charge in [-0.3, -0.25) is 9.89 Å². The Morgan fingerprint density at radius 3 is 2.43 bits per heavy atom. The van der Waals surface area contributed by atoms with Gasteiger partial charge in [0.2, 0.25) is 0 Å². The first-order chi connectivity index (χ1) is 10.5. The van der Waals surface area contributed by atoms with Gasteiger partial charge in [0.05, 0.1) is 0 Å². The number of likely N-dealkylation sites (tertiary alicyclic amines) is 1. The molecule has 0 aliphatic carbocycles. The van der Waals surface area contributed by atoms with E-state index >= 15 is 0 Å². The second kappa shape index (κ2) is 12.3. The van der Waals surface area contributed by atoms with Gasteiger partial charge in [0.1, 0.15) is 0 Å². The van der Waals surface area contributed by atoms with E-state index in [0.717, 1.165) is 38.2 Å². The van der Waals surface area contributed by atoms with Gasteiger partial charge < -0.3 is 16.0 Å². The van der Waals surface area contributed by atoms with Crippen LogP contribution in [0.3, 0.4) is 0 Å². The van der Waals surface area contributed by atoms with Crippen LogP contribution >= 0.6 is 24.0 Å². The molecule has 1 aliphatic rings. The highest BCUT2D eigenvalue weighted by atomic mass is 127. The van der Waals surface area contributed by atoms with Gasteiger partial charge in [-0.1, -0.05) is 13.3 Å². The summed E-state index contributed by atoms with van der Waals surface area (Å²) < 4.78 is 0. The lowest BCUT2D eigenvalue weighted by Crippen LogP contribution is -2.47. The lowest BCUT2D eigenvalue weighted by Gasteiger charge is -2.35. The quantitative estimate of drug-likeness (QED) is 0.247. The van der Waals surface area contributed by atoms with Crippen LogP contribution in [-0.2, 0) is 0 Å². The minimum absolute atomic E-state index is 0. The van der Waals surface area contributed by atoms with E-state index in [9.17, 15) is 0 Å². The highest BCUT2D eigenvalue weighted by Crippen LogP contribution is 2.18. The van der Waals surface area contributed by atoms with Crippen molar-refractivity contribution in [3.8, 4) is 0 Å². The number of piperidine rings is 1. The fourth-order valence-electron chi connectivity index (χ4n) is 2.97. The molecule has 23 heavy (non-hydrogen) atoms. The minimum Gasteiger partial charge on any atom is -0.355 e. The molecular weight excluding hydrogens is 401 g/mol. The number of nitrogens with one attached hydrogen (secondary N) is 3. The zero-order valence-electron chi connectivity index (χ0n) is 15.7. The molecule has 3 N–H and O–H groups in total. The van der Waals surface area contributed by atoms with Gasteiger partial charge in [-0.05, 0) is 46.6 Å². The summed E-state index contributed by atoms with van der Waals surface area (Å²) in [4.78, 5) is 6.92. The molecule has 0 aromatic carbocycles. The fraction of sp³-hybridized carbons (Fsp3) is 0.941. The van der Waals surface area contributed by atoms with E-state index in [-0.39, 0.29) is 29.5 Å². The molecule has 1 saturated heterocycles. The minimum atomic E-state index is 0. The number of nitrogens with zero attached hydrogens (tertiary/aromatic N) is 2. The summed E-state index contributed by atoms with van der Waals surface area (Å²) in [6.07, 6.45) is 5.38. The molecule has 0 aromatic heterocycles. The Balaban J connectivity index is 0.00000484. The summed E-state index contributed by atoms with van der Waals surface area (Å²) in [5.41, 5.74) is 0.169. The highest BCUT2D eigenvalue weighted by Gasteiger charge is 2.19. The van der Waals surface area contributed by atoms with Crippen LogP contribution in [0, 0.1) is 0 Å². The van der Waals surface area contributed by atoms with Crippen LogP contribution in [0.2, 0.25) is 0 Å². The zero-order chi connectivity index (χ0) is 16.4. The molecule has 138 valence electrons. The average Bonchev–Trinajstić information content (AvgIpc) is 2.49. The van der Waals surface area contributed by atoms with E-state index in [2.05, 4.69) is 53.5 Å². The summed E-state index contributed by atoms with van der Waals surface area (Å²) in [5.74, 6) is 0.903. The summed E-state index contributed by atoms with van der Waals surface area (Å²) in [5, 5.41) is 10.3. The molecule has 0 spiro atoms. The second-order valence-corrected chi connectivity index (χ2v) is 7.20. The topological polar surface area (TPSA) is 51.7 Å². The Morgan fingerprint density at radius 1 is 1.13 bits per heavy atom. The summed E-state index contributed by atoms with van der Waals surface area (Å²) in [7, 11) is 1.84. The maximum atomic E-state index is 4.29. The third-order valence-corrected chi connectivity index (χ3v) is 4.21. The van der Waals surface area contributed by atoms with Crippen molar-refractivity contribution in [2.75, 3.05) is 39.8 Å². The Hall–Kier alpha value is -0.0800. The number of hydrogen-bond donors (Lipinski definition) is 3. The van der Waals surface area contributed by atoms with Crippen molar-refractivity contribution in [3.63, 3.8) is 0 Å². The van der Waals surface area contributed by atoms with Gasteiger partial charge in [0, 0.05) is 44.8 Å². The largest absolute Gasteiger partial charge is 0.355 e. The lowest BCUT2D eigenvalue weighted by molar-refractivity contribution is 0.147. The van der Waals surface area contributed by atoms with Crippen molar-refractivity contribution in [2.45, 2.75) is 65.0 Å². The number of halogens is 1. The molecule has 1 heterocycles. The first-order valence-electron chi connectivity index (χ1n) is 8.90. The summed E-state index contributed by atoms with van der Waals surface area (Å²) in [6.45, 7) is 14.0. The normalized spacial score (nSPS) is 20.0. The molecule has 0 bridgehead atoms. The Morgan fingerprint density at radius 2 is 1.83 bits per heavy atom. The lowest BCUT2D eigenvalue weighted by atomic mass is 10.0. The molecule has 6 heteroatoms. The summed E-state index contributed by atoms with van der Waals surface area (Å²) >= 11 is 0. The van der Waals surface area contributed by atoms with Gasteiger partial charge in [-0.25, -0.2) is 0 Å². The van der Waals surface area contributed by atoms with Crippen molar-refractivity contribution in [2.24, 2.45) is 4.99 Å².